The third-order valence-electron chi connectivity index (χ3n) is 4.41. The van der Waals surface area contributed by atoms with E-state index in [4.69, 9.17) is 4.74 Å². The quantitative estimate of drug-likeness (QED) is 0.588. The molecule has 1 aromatic rings. The molecule has 0 spiro atoms. The lowest BCUT2D eigenvalue weighted by atomic mass is 10.1. The molecule has 28 heavy (non-hydrogen) atoms. The fourth-order valence-corrected chi connectivity index (χ4v) is 2.90. The molecule has 1 fully saturated rings. The predicted molar refractivity (Wildman–Crippen MR) is 101 cm³/mol. The van der Waals surface area contributed by atoms with Gasteiger partial charge in [-0.2, -0.15) is 13.2 Å². The van der Waals surface area contributed by atoms with Crippen LogP contribution in [0.2, 0.25) is 0 Å². The molecule has 2 N–H and O–H groups in total. The average molecular weight is 400 g/mol. The fraction of sp³-hybridized carbons (Fsp3) is 0.579. The van der Waals surface area contributed by atoms with Crippen molar-refractivity contribution in [3.8, 4) is 0 Å². The minimum absolute atomic E-state index is 0.163. The number of hydrogen-bond donors (Lipinski definition) is 2. The Morgan fingerprint density at radius 3 is 2.39 bits per heavy atom. The topological polar surface area (TPSA) is 66.0 Å². The van der Waals surface area contributed by atoms with E-state index < -0.39 is 11.7 Å². The van der Waals surface area contributed by atoms with Gasteiger partial charge in [0.1, 0.15) is 0 Å². The van der Waals surface area contributed by atoms with Crippen LogP contribution in [0.3, 0.4) is 0 Å². The van der Waals surface area contributed by atoms with E-state index in [-0.39, 0.29) is 18.7 Å². The summed E-state index contributed by atoms with van der Waals surface area (Å²) in [7, 11) is 0. The van der Waals surface area contributed by atoms with Crippen LogP contribution < -0.4 is 10.6 Å². The highest BCUT2D eigenvalue weighted by atomic mass is 19.4. The number of aliphatic imine (C=N–C) groups is 1. The lowest BCUT2D eigenvalue weighted by Crippen LogP contribution is -2.49. The van der Waals surface area contributed by atoms with E-state index in [2.05, 4.69) is 15.6 Å². The summed E-state index contributed by atoms with van der Waals surface area (Å²) in [4.78, 5) is 17.9. The van der Waals surface area contributed by atoms with Crippen LogP contribution in [-0.4, -0.2) is 49.2 Å². The normalized spacial score (nSPS) is 16.0. The molecule has 2 rings (SSSR count). The van der Waals surface area contributed by atoms with Crippen LogP contribution in [0.25, 0.3) is 0 Å². The number of guanidine groups is 1. The number of halogens is 3. The molecule has 0 aromatic heterocycles. The summed E-state index contributed by atoms with van der Waals surface area (Å²) in [5.74, 6) is 0.608. The lowest BCUT2D eigenvalue weighted by molar-refractivity contribution is -0.137. The van der Waals surface area contributed by atoms with Gasteiger partial charge in [-0.15, -0.1) is 0 Å². The van der Waals surface area contributed by atoms with Crippen molar-refractivity contribution in [2.45, 2.75) is 45.5 Å². The van der Waals surface area contributed by atoms with Crippen LogP contribution in [0, 0.1) is 0 Å². The molecular formula is C19H27F3N4O2. The molecule has 0 atom stereocenters. The summed E-state index contributed by atoms with van der Waals surface area (Å²) in [5.41, 5.74) is 0.0287. The van der Waals surface area contributed by atoms with E-state index >= 15 is 0 Å². The van der Waals surface area contributed by atoms with Gasteiger partial charge in [-0.3, -0.25) is 0 Å². The van der Waals surface area contributed by atoms with Crippen LogP contribution in [-0.2, 0) is 17.5 Å². The van der Waals surface area contributed by atoms with Gasteiger partial charge in [0.15, 0.2) is 5.96 Å². The zero-order valence-corrected chi connectivity index (χ0v) is 16.2. The number of carbonyl (C=O) groups excluding carboxylic acids is 1. The second-order valence-corrected chi connectivity index (χ2v) is 6.49. The Kier molecular flexibility index (Phi) is 7.95. The third kappa shape index (κ3) is 6.61. The molecule has 1 aliphatic heterocycles. The number of nitrogens with one attached hydrogen (secondary N) is 2. The maximum atomic E-state index is 12.6. The lowest BCUT2D eigenvalue weighted by Gasteiger charge is -2.32. The van der Waals surface area contributed by atoms with Crippen molar-refractivity contribution < 1.29 is 22.7 Å². The van der Waals surface area contributed by atoms with Crippen molar-refractivity contribution >= 4 is 12.1 Å². The van der Waals surface area contributed by atoms with Gasteiger partial charge >= 0.3 is 12.3 Å². The number of benzene rings is 1. The van der Waals surface area contributed by atoms with Crippen molar-refractivity contribution in [1.82, 2.24) is 15.5 Å². The van der Waals surface area contributed by atoms with E-state index in [0.29, 0.717) is 37.8 Å². The Hall–Kier alpha value is -2.45. The zero-order chi connectivity index (χ0) is 20.6. The van der Waals surface area contributed by atoms with E-state index in [1.54, 1.807) is 11.8 Å². The van der Waals surface area contributed by atoms with Gasteiger partial charge in [0, 0.05) is 25.7 Å². The Balaban J connectivity index is 1.90. The zero-order valence-electron chi connectivity index (χ0n) is 16.2. The Morgan fingerprint density at radius 1 is 1.21 bits per heavy atom. The maximum absolute atomic E-state index is 12.6. The van der Waals surface area contributed by atoms with E-state index in [1.165, 1.54) is 12.1 Å². The van der Waals surface area contributed by atoms with Gasteiger partial charge in [-0.05, 0) is 44.4 Å². The predicted octanol–water partition coefficient (Wildman–Crippen LogP) is 3.38. The molecule has 0 unspecified atom stereocenters. The first-order valence-corrected chi connectivity index (χ1v) is 9.46. The van der Waals surface area contributed by atoms with Gasteiger partial charge in [0.25, 0.3) is 0 Å². The molecule has 1 aromatic carbocycles. The number of hydrogen-bond acceptors (Lipinski definition) is 3. The second kappa shape index (κ2) is 10.2. The third-order valence-corrected chi connectivity index (χ3v) is 4.41. The molecule has 1 amide bonds. The molecule has 0 aliphatic carbocycles. The van der Waals surface area contributed by atoms with Gasteiger partial charge in [-0.1, -0.05) is 12.1 Å². The summed E-state index contributed by atoms with van der Waals surface area (Å²) in [5, 5.41) is 6.48. The summed E-state index contributed by atoms with van der Waals surface area (Å²) in [6.07, 6.45) is -3.09. The Morgan fingerprint density at radius 2 is 1.86 bits per heavy atom. The second-order valence-electron chi connectivity index (χ2n) is 6.49. The van der Waals surface area contributed by atoms with Crippen LogP contribution in [0.4, 0.5) is 18.0 Å². The van der Waals surface area contributed by atoms with Crippen molar-refractivity contribution in [3.63, 3.8) is 0 Å². The molecule has 156 valence electrons. The first-order chi connectivity index (χ1) is 13.3. The first-order valence-electron chi connectivity index (χ1n) is 9.46. The van der Waals surface area contributed by atoms with Gasteiger partial charge in [0.2, 0.25) is 0 Å². The number of ether oxygens (including phenoxy) is 1. The van der Waals surface area contributed by atoms with Gasteiger partial charge in [-0.25, -0.2) is 9.79 Å². The molecule has 0 saturated carbocycles. The minimum Gasteiger partial charge on any atom is -0.450 e. The molecule has 1 aliphatic rings. The number of nitrogens with zero attached hydrogens (tertiary/aromatic N) is 2. The van der Waals surface area contributed by atoms with Crippen molar-refractivity contribution in [2.24, 2.45) is 4.99 Å². The Bertz CT molecular complexity index is 654. The Labute approximate surface area is 163 Å². The van der Waals surface area contributed by atoms with E-state index in [9.17, 15) is 18.0 Å². The minimum atomic E-state index is -4.34. The molecule has 0 radical (unpaired) electrons. The number of amides is 1. The summed E-state index contributed by atoms with van der Waals surface area (Å²) in [6.45, 7) is 6.23. The number of alkyl halides is 3. The number of likely N-dealkylation sites (tertiary alicyclic amines) is 1. The summed E-state index contributed by atoms with van der Waals surface area (Å²) < 4.78 is 42.9. The molecular weight excluding hydrogens is 373 g/mol. The molecule has 0 bridgehead atoms. The van der Waals surface area contributed by atoms with Crippen LogP contribution >= 0.6 is 0 Å². The molecule has 9 heteroatoms. The molecule has 1 saturated heterocycles. The standard InChI is InChI=1S/C19H27F3N4O2/c1-3-23-17(24-13-14-5-7-15(8-6-14)19(20,21)22)25-16-9-11-26(12-10-16)18(27)28-4-2/h5-8,16H,3-4,9-13H2,1-2H3,(H2,23,24,25). The largest absolute Gasteiger partial charge is 0.450 e. The van der Waals surface area contributed by atoms with Crippen LogP contribution in [0.5, 0.6) is 0 Å². The number of rotatable bonds is 5. The SMILES string of the molecule is CCNC(=NCc1ccc(C(F)(F)F)cc1)NC1CCN(C(=O)OCC)CC1. The van der Waals surface area contributed by atoms with Crippen molar-refractivity contribution in [1.29, 1.82) is 0 Å². The number of carbonyl (C=O) groups is 1. The summed E-state index contributed by atoms with van der Waals surface area (Å²) in [6, 6.07) is 5.17. The average Bonchev–Trinajstić information content (AvgIpc) is 2.66. The van der Waals surface area contributed by atoms with Crippen molar-refractivity contribution in [2.75, 3.05) is 26.2 Å². The molecule has 1 heterocycles. The van der Waals surface area contributed by atoms with Gasteiger partial charge in [0.05, 0.1) is 18.7 Å². The highest BCUT2D eigenvalue weighted by Gasteiger charge is 2.30. The van der Waals surface area contributed by atoms with Gasteiger partial charge < -0.3 is 20.3 Å². The van der Waals surface area contributed by atoms with E-state index in [0.717, 1.165) is 25.0 Å². The smallest absolute Gasteiger partial charge is 0.416 e. The van der Waals surface area contributed by atoms with Crippen LogP contribution in [0.15, 0.2) is 29.3 Å². The highest BCUT2D eigenvalue weighted by molar-refractivity contribution is 5.80. The maximum Gasteiger partial charge on any atom is 0.416 e. The first kappa shape index (κ1) is 21.8. The fourth-order valence-electron chi connectivity index (χ4n) is 2.90. The highest BCUT2D eigenvalue weighted by Crippen LogP contribution is 2.29. The van der Waals surface area contributed by atoms with Crippen LogP contribution in [0.1, 0.15) is 37.8 Å². The monoisotopic (exact) mass is 400 g/mol. The molecule has 6 nitrogen and oxygen atoms in total. The van der Waals surface area contributed by atoms with Crippen molar-refractivity contribution in [3.05, 3.63) is 35.4 Å². The van der Waals surface area contributed by atoms with E-state index in [1.807, 2.05) is 6.92 Å². The summed E-state index contributed by atoms with van der Waals surface area (Å²) >= 11 is 0. The number of piperidine rings is 1.